The maximum atomic E-state index is 13.6. The Morgan fingerprint density at radius 1 is 0.811 bits per heavy atom. The molecule has 0 aliphatic rings. The SMILES string of the molecule is CC.O=C(O)CCCc1ccc(-n2c(=O)c3ccc4oc5ccc(Br)cc5c5ccc(c2=O)c3c45)cc1. The molecule has 0 saturated carbocycles. The van der Waals surface area contributed by atoms with Gasteiger partial charge < -0.3 is 9.52 Å². The molecule has 186 valence electrons. The maximum Gasteiger partial charge on any atom is 0.303 e. The van der Waals surface area contributed by atoms with Crippen LogP contribution in [0.3, 0.4) is 0 Å². The molecule has 0 atom stereocenters. The van der Waals surface area contributed by atoms with Crippen molar-refractivity contribution in [1.29, 1.82) is 0 Å². The fourth-order valence-corrected chi connectivity index (χ4v) is 5.23. The Labute approximate surface area is 220 Å². The van der Waals surface area contributed by atoms with Crippen molar-refractivity contribution in [2.45, 2.75) is 33.1 Å². The van der Waals surface area contributed by atoms with Crippen LogP contribution < -0.4 is 11.1 Å². The zero-order chi connectivity index (χ0) is 26.3. The molecule has 2 heterocycles. The van der Waals surface area contributed by atoms with E-state index in [4.69, 9.17) is 9.52 Å². The number of fused-ring (bicyclic) bond motifs is 2. The predicted molar refractivity (Wildman–Crippen MR) is 151 cm³/mol. The first-order valence-corrected chi connectivity index (χ1v) is 13.0. The summed E-state index contributed by atoms with van der Waals surface area (Å²) in [5.41, 5.74) is 2.01. The van der Waals surface area contributed by atoms with Gasteiger partial charge in [0.2, 0.25) is 0 Å². The van der Waals surface area contributed by atoms with Crippen molar-refractivity contribution in [2.75, 3.05) is 0 Å². The van der Waals surface area contributed by atoms with Gasteiger partial charge in [0, 0.05) is 37.8 Å². The smallest absolute Gasteiger partial charge is 0.303 e. The number of nitrogens with zero attached hydrogens (tertiary/aromatic N) is 1. The molecule has 0 radical (unpaired) electrons. The van der Waals surface area contributed by atoms with Gasteiger partial charge in [0.05, 0.1) is 5.69 Å². The highest BCUT2D eigenvalue weighted by Gasteiger charge is 2.19. The van der Waals surface area contributed by atoms with Crippen molar-refractivity contribution in [3.63, 3.8) is 0 Å². The third kappa shape index (κ3) is 4.19. The molecule has 0 aliphatic heterocycles. The minimum atomic E-state index is -0.827. The Hall–Kier alpha value is -3.97. The topological polar surface area (TPSA) is 89.5 Å². The van der Waals surface area contributed by atoms with E-state index in [2.05, 4.69) is 15.9 Å². The number of aryl methyl sites for hydroxylation is 1. The van der Waals surface area contributed by atoms with Gasteiger partial charge in [-0.15, -0.1) is 0 Å². The van der Waals surface area contributed by atoms with E-state index in [-0.39, 0.29) is 17.5 Å². The molecular formula is C30H24BrNO5. The minimum Gasteiger partial charge on any atom is -0.481 e. The average Bonchev–Trinajstić information content (AvgIpc) is 2.90. The second-order valence-electron chi connectivity index (χ2n) is 8.62. The quantitative estimate of drug-likeness (QED) is 0.181. The van der Waals surface area contributed by atoms with Gasteiger partial charge in [0.25, 0.3) is 11.1 Å². The molecule has 6 rings (SSSR count). The van der Waals surface area contributed by atoms with Gasteiger partial charge in [-0.25, -0.2) is 4.57 Å². The molecule has 0 aliphatic carbocycles. The number of hydrogen-bond acceptors (Lipinski definition) is 4. The molecule has 0 amide bonds. The monoisotopic (exact) mass is 557 g/mol. The number of carboxylic acid groups (broad SMARTS) is 1. The number of pyridine rings is 1. The van der Waals surface area contributed by atoms with Crippen LogP contribution in [-0.2, 0) is 11.2 Å². The summed E-state index contributed by atoms with van der Waals surface area (Å²) in [7, 11) is 0. The summed E-state index contributed by atoms with van der Waals surface area (Å²) < 4.78 is 8.25. The Balaban J connectivity index is 0.00000137. The van der Waals surface area contributed by atoms with Gasteiger partial charge in [-0.3, -0.25) is 14.4 Å². The lowest BCUT2D eigenvalue weighted by molar-refractivity contribution is -0.137. The Bertz CT molecular complexity index is 1870. The summed E-state index contributed by atoms with van der Waals surface area (Å²) in [6.45, 7) is 4.00. The van der Waals surface area contributed by atoms with Gasteiger partial charge >= 0.3 is 5.97 Å². The van der Waals surface area contributed by atoms with Crippen LogP contribution in [0, 0.1) is 0 Å². The second-order valence-corrected chi connectivity index (χ2v) is 9.54. The summed E-state index contributed by atoms with van der Waals surface area (Å²) in [6, 6.07) is 20.1. The third-order valence-corrected chi connectivity index (χ3v) is 6.99. The third-order valence-electron chi connectivity index (χ3n) is 6.49. The molecule has 0 unspecified atom stereocenters. The van der Waals surface area contributed by atoms with Gasteiger partial charge in [-0.2, -0.15) is 0 Å². The molecule has 4 aromatic carbocycles. The molecule has 37 heavy (non-hydrogen) atoms. The maximum absolute atomic E-state index is 13.6. The first-order valence-electron chi connectivity index (χ1n) is 12.2. The van der Waals surface area contributed by atoms with Crippen LogP contribution >= 0.6 is 15.9 Å². The Morgan fingerprint density at radius 2 is 1.43 bits per heavy atom. The second kappa shape index (κ2) is 9.82. The molecule has 1 N–H and O–H groups in total. The molecular weight excluding hydrogens is 534 g/mol. The molecule has 0 fully saturated rings. The minimum absolute atomic E-state index is 0.0980. The summed E-state index contributed by atoms with van der Waals surface area (Å²) in [5, 5.41) is 12.9. The number of hydrogen-bond donors (Lipinski definition) is 1. The summed E-state index contributed by atoms with van der Waals surface area (Å²) >= 11 is 3.51. The van der Waals surface area contributed by atoms with Crippen LogP contribution in [0.1, 0.15) is 32.3 Å². The highest BCUT2D eigenvalue weighted by Crippen LogP contribution is 2.37. The zero-order valence-corrected chi connectivity index (χ0v) is 22.0. The van der Waals surface area contributed by atoms with E-state index >= 15 is 0 Å². The lowest BCUT2D eigenvalue weighted by atomic mass is 9.96. The largest absolute Gasteiger partial charge is 0.481 e. The van der Waals surface area contributed by atoms with Gasteiger partial charge in [0.15, 0.2) is 0 Å². The van der Waals surface area contributed by atoms with E-state index in [0.717, 1.165) is 31.8 Å². The fourth-order valence-electron chi connectivity index (χ4n) is 4.87. The number of benzene rings is 4. The van der Waals surface area contributed by atoms with Gasteiger partial charge in [-0.05, 0) is 72.3 Å². The highest BCUT2D eigenvalue weighted by atomic mass is 79.9. The lowest BCUT2D eigenvalue weighted by Crippen LogP contribution is -2.31. The van der Waals surface area contributed by atoms with Gasteiger partial charge in [-0.1, -0.05) is 48.0 Å². The molecule has 0 saturated heterocycles. The van der Waals surface area contributed by atoms with E-state index in [9.17, 15) is 14.4 Å². The van der Waals surface area contributed by atoms with E-state index in [1.165, 1.54) is 4.57 Å². The Kier molecular flexibility index (Phi) is 6.56. The molecule has 0 spiro atoms. The van der Waals surface area contributed by atoms with E-state index in [1.807, 2.05) is 50.2 Å². The summed E-state index contributed by atoms with van der Waals surface area (Å²) in [4.78, 5) is 37.9. The number of aromatic nitrogens is 1. The first kappa shape index (κ1) is 24.7. The number of aliphatic carboxylic acids is 1. The predicted octanol–water partition coefficient (Wildman–Crippen LogP) is 7.04. The number of carbonyl (C=O) groups is 1. The van der Waals surface area contributed by atoms with Crippen molar-refractivity contribution in [2.24, 2.45) is 0 Å². The molecule has 0 bridgehead atoms. The molecule has 6 nitrogen and oxygen atoms in total. The number of rotatable bonds is 5. The van der Waals surface area contributed by atoms with Crippen LogP contribution in [0.5, 0.6) is 0 Å². The number of carboxylic acids is 1. The lowest BCUT2D eigenvalue weighted by Gasteiger charge is -2.14. The normalized spacial score (nSPS) is 11.3. The molecule has 6 aromatic rings. The molecule has 7 heteroatoms. The van der Waals surface area contributed by atoms with Gasteiger partial charge in [0.1, 0.15) is 11.2 Å². The average molecular weight is 558 g/mol. The van der Waals surface area contributed by atoms with Crippen molar-refractivity contribution >= 4 is 65.4 Å². The van der Waals surface area contributed by atoms with Crippen molar-refractivity contribution in [1.82, 2.24) is 4.57 Å². The Morgan fingerprint density at radius 3 is 2.11 bits per heavy atom. The highest BCUT2D eigenvalue weighted by molar-refractivity contribution is 9.10. The fraction of sp³-hybridized carbons (Fsp3) is 0.167. The van der Waals surface area contributed by atoms with Crippen LogP contribution in [0.2, 0.25) is 0 Å². The van der Waals surface area contributed by atoms with E-state index in [1.54, 1.807) is 30.3 Å². The van der Waals surface area contributed by atoms with Crippen LogP contribution in [0.4, 0.5) is 0 Å². The van der Waals surface area contributed by atoms with Crippen molar-refractivity contribution < 1.29 is 14.3 Å². The van der Waals surface area contributed by atoms with Crippen LogP contribution in [0.15, 0.2) is 85.2 Å². The van der Waals surface area contributed by atoms with E-state index < -0.39 is 5.97 Å². The van der Waals surface area contributed by atoms with Crippen molar-refractivity contribution in [3.05, 3.63) is 97.5 Å². The van der Waals surface area contributed by atoms with E-state index in [0.29, 0.717) is 40.3 Å². The number of halogens is 1. The standard InChI is InChI=1S/C28H18BrNO5.C2H6/c29-16-6-12-22-21(14-16)18-9-10-19-25-20(11-13-23(35-22)26(18)25)28(34)30(27(19)33)17-7-4-15(5-8-17)2-1-3-24(31)32;1-2/h4-14H,1-3H2,(H,31,32);1-2H3. The molecule has 2 aromatic heterocycles. The van der Waals surface area contributed by atoms with Crippen molar-refractivity contribution in [3.8, 4) is 5.69 Å². The summed E-state index contributed by atoms with van der Waals surface area (Å²) in [5.74, 6) is -0.827. The first-order chi connectivity index (χ1) is 17.9. The van der Waals surface area contributed by atoms with Crippen LogP contribution in [-0.4, -0.2) is 15.6 Å². The summed E-state index contributed by atoms with van der Waals surface area (Å²) in [6.07, 6.45) is 1.23. The van der Waals surface area contributed by atoms with Crippen LogP contribution in [0.25, 0.3) is 49.2 Å². The zero-order valence-electron chi connectivity index (χ0n) is 20.4.